The molecule has 148 valence electrons. The van der Waals surface area contributed by atoms with Crippen LogP contribution in [-0.2, 0) is 9.59 Å². The van der Waals surface area contributed by atoms with Gasteiger partial charge in [-0.25, -0.2) is 4.39 Å². The molecule has 8 atom stereocenters. The molecule has 4 aliphatic carbocycles. The second kappa shape index (κ2) is 5.29. The summed E-state index contributed by atoms with van der Waals surface area (Å²) in [7, 11) is 0. The minimum Gasteiger partial charge on any atom is -0.390 e. The lowest BCUT2D eigenvalue weighted by Gasteiger charge is -2.62. The van der Waals surface area contributed by atoms with Gasteiger partial charge in [-0.15, -0.1) is 0 Å². The third-order valence-electron chi connectivity index (χ3n) is 8.60. The minimum atomic E-state index is -1.96. The Bertz CT molecular complexity index is 793. The van der Waals surface area contributed by atoms with Gasteiger partial charge in [0.1, 0.15) is 0 Å². The van der Waals surface area contributed by atoms with E-state index in [1.807, 2.05) is 0 Å². The van der Waals surface area contributed by atoms with E-state index in [9.17, 15) is 19.8 Å². The zero-order valence-electron chi connectivity index (χ0n) is 16.0. The number of nitrogens with two attached hydrogens (primary N) is 1. The lowest BCUT2D eigenvalue weighted by Crippen LogP contribution is -2.69. The molecule has 3 fully saturated rings. The van der Waals surface area contributed by atoms with Crippen LogP contribution in [0, 0.1) is 28.6 Å². The number of carbonyl (C=O) groups excluding carboxylic acids is 2. The maximum atomic E-state index is 16.8. The molecule has 0 bridgehead atoms. The highest BCUT2D eigenvalue weighted by atomic mass is 19.1. The van der Waals surface area contributed by atoms with Crippen molar-refractivity contribution in [1.29, 1.82) is 0 Å². The van der Waals surface area contributed by atoms with Gasteiger partial charge >= 0.3 is 0 Å². The van der Waals surface area contributed by atoms with Gasteiger partial charge in [-0.2, -0.15) is 0 Å². The van der Waals surface area contributed by atoms with Crippen LogP contribution in [0.2, 0.25) is 0 Å². The van der Waals surface area contributed by atoms with Gasteiger partial charge in [-0.3, -0.25) is 9.59 Å². The predicted octanol–water partition coefficient (Wildman–Crippen LogP) is 1.82. The summed E-state index contributed by atoms with van der Waals surface area (Å²) in [5, 5.41) is 22.3. The van der Waals surface area contributed by atoms with Crippen LogP contribution >= 0.6 is 0 Å². The Hall–Kier alpha value is -1.53. The monoisotopic (exact) mass is 377 g/mol. The predicted molar refractivity (Wildman–Crippen MR) is 97.0 cm³/mol. The molecule has 0 aromatic heterocycles. The topological polar surface area (TPSA) is 101 Å². The highest BCUT2D eigenvalue weighted by Gasteiger charge is 2.75. The summed E-state index contributed by atoms with van der Waals surface area (Å²) in [4.78, 5) is 24.0. The number of alkyl halides is 1. The van der Waals surface area contributed by atoms with Gasteiger partial charge in [0.25, 0.3) is 0 Å². The van der Waals surface area contributed by atoms with Crippen molar-refractivity contribution in [3.63, 3.8) is 0 Å². The fourth-order valence-corrected chi connectivity index (χ4v) is 7.07. The van der Waals surface area contributed by atoms with Crippen LogP contribution in [-0.4, -0.2) is 39.3 Å². The number of primary amides is 1. The molecule has 0 heterocycles. The Kier molecular flexibility index (Phi) is 3.69. The summed E-state index contributed by atoms with van der Waals surface area (Å²) in [6.45, 7) is 5.29. The number of carbonyl (C=O) groups is 2. The molecule has 4 aliphatic rings. The van der Waals surface area contributed by atoms with Crippen molar-refractivity contribution in [2.75, 3.05) is 0 Å². The summed E-state index contributed by atoms with van der Waals surface area (Å²) in [6.07, 6.45) is 4.58. The van der Waals surface area contributed by atoms with Gasteiger partial charge in [-0.1, -0.05) is 25.5 Å². The van der Waals surface area contributed by atoms with Crippen LogP contribution in [0.1, 0.15) is 46.5 Å². The molecule has 0 radical (unpaired) electrons. The summed E-state index contributed by atoms with van der Waals surface area (Å²) in [5.41, 5.74) is 0.525. The molecule has 4 rings (SSSR count). The highest BCUT2D eigenvalue weighted by molar-refractivity contribution is 6.01. The second-order valence-corrected chi connectivity index (χ2v) is 9.53. The second-order valence-electron chi connectivity index (χ2n) is 9.53. The van der Waals surface area contributed by atoms with Crippen molar-refractivity contribution in [2.45, 2.75) is 63.8 Å². The van der Waals surface area contributed by atoms with Crippen LogP contribution < -0.4 is 5.73 Å². The first-order valence-electron chi connectivity index (χ1n) is 9.76. The molecular formula is C21H28FNO4. The van der Waals surface area contributed by atoms with Gasteiger partial charge in [0.05, 0.1) is 6.10 Å². The molecule has 6 heteroatoms. The number of aliphatic hydroxyl groups excluding tert-OH is 1. The first-order valence-corrected chi connectivity index (χ1v) is 9.76. The minimum absolute atomic E-state index is 0.0426. The van der Waals surface area contributed by atoms with E-state index in [2.05, 4.69) is 0 Å². The van der Waals surface area contributed by atoms with E-state index in [1.165, 1.54) is 12.2 Å². The number of hydrogen-bond donors (Lipinski definition) is 3. The molecule has 0 aliphatic heterocycles. The van der Waals surface area contributed by atoms with Crippen molar-refractivity contribution in [3.8, 4) is 0 Å². The quantitative estimate of drug-likeness (QED) is 0.649. The number of allylic oxidation sites excluding steroid dienone is 4. The highest BCUT2D eigenvalue weighted by Crippen LogP contribution is 2.70. The molecule has 0 aromatic carbocycles. The first kappa shape index (κ1) is 18.8. The van der Waals surface area contributed by atoms with Crippen LogP contribution in [0.5, 0.6) is 0 Å². The lowest BCUT2D eigenvalue weighted by molar-refractivity contribution is -0.218. The molecule has 27 heavy (non-hydrogen) atoms. The number of hydrogen-bond acceptors (Lipinski definition) is 4. The van der Waals surface area contributed by atoms with Crippen LogP contribution in [0.15, 0.2) is 23.8 Å². The number of ketones is 1. The first-order chi connectivity index (χ1) is 12.4. The fourth-order valence-electron chi connectivity index (χ4n) is 7.07. The van der Waals surface area contributed by atoms with Crippen LogP contribution in [0.4, 0.5) is 4.39 Å². The van der Waals surface area contributed by atoms with E-state index < -0.39 is 45.9 Å². The van der Waals surface area contributed by atoms with Crippen LogP contribution in [0.25, 0.3) is 0 Å². The molecule has 0 spiro atoms. The Morgan fingerprint density at radius 2 is 2.00 bits per heavy atom. The molecule has 0 aromatic rings. The average Bonchev–Trinajstić information content (AvgIpc) is 2.79. The van der Waals surface area contributed by atoms with Crippen molar-refractivity contribution in [3.05, 3.63) is 23.8 Å². The Morgan fingerprint density at radius 3 is 2.63 bits per heavy atom. The Labute approximate surface area is 158 Å². The average molecular weight is 377 g/mol. The third kappa shape index (κ3) is 1.91. The largest absolute Gasteiger partial charge is 0.390 e. The summed E-state index contributed by atoms with van der Waals surface area (Å²) < 4.78 is 16.8. The van der Waals surface area contributed by atoms with Gasteiger partial charge in [0.15, 0.2) is 17.1 Å². The van der Waals surface area contributed by atoms with Gasteiger partial charge in [0, 0.05) is 16.7 Å². The molecule has 0 saturated heterocycles. The van der Waals surface area contributed by atoms with Crippen LogP contribution in [0.3, 0.4) is 0 Å². The third-order valence-corrected chi connectivity index (χ3v) is 8.60. The molecule has 0 unspecified atom stereocenters. The van der Waals surface area contributed by atoms with Crippen molar-refractivity contribution in [2.24, 2.45) is 34.3 Å². The fraction of sp³-hybridized carbons (Fsp3) is 0.714. The molecule has 4 N–H and O–H groups in total. The zero-order valence-corrected chi connectivity index (χ0v) is 16.0. The van der Waals surface area contributed by atoms with Crippen molar-refractivity contribution in [1.82, 2.24) is 0 Å². The van der Waals surface area contributed by atoms with E-state index in [-0.39, 0.29) is 18.1 Å². The SMILES string of the molecule is C[C@@H]1C[C@H]2[C@@H]3CCC4=CC(=O)C=C[C@]4(C)[C@@]3(F)[C@@H](O)C[C@]2(C)[C@@]1(O)C(N)=O. The smallest absolute Gasteiger partial charge is 0.250 e. The molecular weight excluding hydrogens is 349 g/mol. The Morgan fingerprint density at radius 1 is 1.33 bits per heavy atom. The lowest BCUT2D eigenvalue weighted by atomic mass is 9.44. The molecule has 3 saturated carbocycles. The number of halogens is 1. The summed E-state index contributed by atoms with van der Waals surface area (Å²) in [6, 6.07) is 0. The summed E-state index contributed by atoms with van der Waals surface area (Å²) >= 11 is 0. The van der Waals surface area contributed by atoms with Crippen molar-refractivity contribution >= 4 is 11.7 Å². The van der Waals surface area contributed by atoms with Crippen molar-refractivity contribution < 1.29 is 24.2 Å². The maximum Gasteiger partial charge on any atom is 0.250 e. The number of fused-ring (bicyclic) bond motifs is 5. The number of amides is 1. The van der Waals surface area contributed by atoms with E-state index in [1.54, 1.807) is 26.8 Å². The van der Waals surface area contributed by atoms with Gasteiger partial charge in [0.2, 0.25) is 5.91 Å². The van der Waals surface area contributed by atoms with E-state index >= 15 is 4.39 Å². The zero-order chi connectivity index (χ0) is 20.0. The van der Waals surface area contributed by atoms with E-state index in [4.69, 9.17) is 5.73 Å². The molecule has 5 nitrogen and oxygen atoms in total. The van der Waals surface area contributed by atoms with Gasteiger partial charge in [-0.05, 0) is 56.6 Å². The Balaban J connectivity index is 1.85. The number of aliphatic hydroxyl groups is 2. The van der Waals surface area contributed by atoms with E-state index in [0.717, 1.165) is 0 Å². The number of rotatable bonds is 1. The standard InChI is InChI=1S/C21H28FNO4/c1-11-8-15-14-5-4-12-9-13(24)6-7-18(12,2)20(14,22)16(25)10-19(15,3)21(11,27)17(23)26/h6-7,9,11,14-16,25,27H,4-5,8,10H2,1-3H3,(H2,23,26)/t11-,14+,15+,16+,18+,19+,20+,21+/m1/s1. The maximum absolute atomic E-state index is 16.8. The summed E-state index contributed by atoms with van der Waals surface area (Å²) in [5.74, 6) is -2.17. The molecule has 1 amide bonds. The normalized spacial score (nSPS) is 54.0. The van der Waals surface area contributed by atoms with Gasteiger partial charge < -0.3 is 15.9 Å². The van der Waals surface area contributed by atoms with E-state index in [0.29, 0.717) is 24.8 Å².